The summed E-state index contributed by atoms with van der Waals surface area (Å²) in [4.78, 5) is 2.64. The molecule has 0 bridgehead atoms. The third-order valence-corrected chi connectivity index (χ3v) is 5.06. The molecule has 0 spiro atoms. The summed E-state index contributed by atoms with van der Waals surface area (Å²) in [5.41, 5.74) is 1.35. The standard InChI is InChI=1S/C18H30N2O/c1-3-17-7-5-4-6-10-20(17)13-18-11-15(14(2)21-18)12-19-16-8-9-16/h11,16-17,19H,3-10,12-13H2,1-2H3. The van der Waals surface area contributed by atoms with Crippen LogP contribution in [0.25, 0.3) is 0 Å². The molecule has 2 fully saturated rings. The van der Waals surface area contributed by atoms with Gasteiger partial charge in [0.2, 0.25) is 0 Å². The van der Waals surface area contributed by atoms with Gasteiger partial charge in [0.15, 0.2) is 0 Å². The first-order valence-corrected chi connectivity index (χ1v) is 8.82. The molecular formula is C18H30N2O. The molecule has 2 aliphatic rings. The van der Waals surface area contributed by atoms with Gasteiger partial charge >= 0.3 is 0 Å². The van der Waals surface area contributed by atoms with Crippen molar-refractivity contribution in [3.8, 4) is 0 Å². The summed E-state index contributed by atoms with van der Waals surface area (Å²) >= 11 is 0. The number of hydrogen-bond donors (Lipinski definition) is 1. The van der Waals surface area contributed by atoms with Gasteiger partial charge in [-0.25, -0.2) is 0 Å². The average Bonchev–Trinajstić information content (AvgIpc) is 3.26. The number of hydrogen-bond acceptors (Lipinski definition) is 3. The van der Waals surface area contributed by atoms with E-state index in [1.807, 2.05) is 0 Å². The van der Waals surface area contributed by atoms with Crippen LogP contribution in [0.1, 0.15) is 69.0 Å². The van der Waals surface area contributed by atoms with Gasteiger partial charge in [0.05, 0.1) is 6.54 Å². The minimum Gasteiger partial charge on any atom is -0.465 e. The first kappa shape index (κ1) is 15.1. The highest BCUT2D eigenvalue weighted by Crippen LogP contribution is 2.24. The van der Waals surface area contributed by atoms with Crippen molar-refractivity contribution in [3.63, 3.8) is 0 Å². The quantitative estimate of drug-likeness (QED) is 0.858. The van der Waals surface area contributed by atoms with E-state index in [1.54, 1.807) is 0 Å². The Bertz CT molecular complexity index is 450. The maximum absolute atomic E-state index is 6.02. The lowest BCUT2D eigenvalue weighted by atomic mass is 10.1. The minimum atomic E-state index is 0.742. The normalized spacial score (nSPS) is 24.2. The highest BCUT2D eigenvalue weighted by molar-refractivity contribution is 5.21. The number of aryl methyl sites for hydroxylation is 1. The Kier molecular flexibility index (Phi) is 5.02. The molecule has 1 aliphatic carbocycles. The zero-order valence-corrected chi connectivity index (χ0v) is 13.7. The second-order valence-corrected chi connectivity index (χ2v) is 6.83. The fourth-order valence-corrected chi connectivity index (χ4v) is 3.49. The molecule has 2 heterocycles. The van der Waals surface area contributed by atoms with Crippen LogP contribution in [0.3, 0.4) is 0 Å². The Morgan fingerprint density at radius 1 is 1.24 bits per heavy atom. The van der Waals surface area contributed by atoms with Crippen LogP contribution in [0.5, 0.6) is 0 Å². The first-order valence-electron chi connectivity index (χ1n) is 8.82. The molecule has 0 aromatic carbocycles. The molecule has 1 aliphatic heterocycles. The molecule has 1 saturated heterocycles. The van der Waals surface area contributed by atoms with Crippen molar-refractivity contribution in [2.75, 3.05) is 6.54 Å². The fourth-order valence-electron chi connectivity index (χ4n) is 3.49. The van der Waals surface area contributed by atoms with Crippen molar-refractivity contribution in [1.82, 2.24) is 10.2 Å². The lowest BCUT2D eigenvalue weighted by molar-refractivity contribution is 0.172. The summed E-state index contributed by atoms with van der Waals surface area (Å²) in [5, 5.41) is 3.59. The van der Waals surface area contributed by atoms with E-state index in [4.69, 9.17) is 4.42 Å². The third-order valence-electron chi connectivity index (χ3n) is 5.06. The molecule has 1 aromatic heterocycles. The first-order chi connectivity index (χ1) is 10.3. The van der Waals surface area contributed by atoms with Gasteiger partial charge in [-0.15, -0.1) is 0 Å². The van der Waals surface area contributed by atoms with E-state index in [9.17, 15) is 0 Å². The zero-order chi connectivity index (χ0) is 14.7. The lowest BCUT2D eigenvalue weighted by Gasteiger charge is -2.28. The van der Waals surface area contributed by atoms with Gasteiger partial charge in [-0.05, 0) is 51.6 Å². The Labute approximate surface area is 129 Å². The number of furan rings is 1. The molecule has 0 radical (unpaired) electrons. The van der Waals surface area contributed by atoms with E-state index >= 15 is 0 Å². The molecule has 3 nitrogen and oxygen atoms in total. The molecule has 1 saturated carbocycles. The van der Waals surface area contributed by atoms with Crippen LogP contribution in [0.4, 0.5) is 0 Å². The smallest absolute Gasteiger partial charge is 0.118 e. The molecule has 3 rings (SSSR count). The van der Waals surface area contributed by atoms with Crippen LogP contribution in [-0.4, -0.2) is 23.5 Å². The van der Waals surface area contributed by atoms with Gasteiger partial charge in [0, 0.05) is 24.2 Å². The lowest BCUT2D eigenvalue weighted by Crippen LogP contribution is -2.33. The molecule has 118 valence electrons. The maximum atomic E-state index is 6.02. The average molecular weight is 290 g/mol. The van der Waals surface area contributed by atoms with E-state index in [2.05, 4.69) is 30.1 Å². The van der Waals surface area contributed by atoms with Gasteiger partial charge in [-0.1, -0.05) is 19.8 Å². The third kappa shape index (κ3) is 4.10. The zero-order valence-electron chi connectivity index (χ0n) is 13.7. The highest BCUT2D eigenvalue weighted by atomic mass is 16.3. The van der Waals surface area contributed by atoms with Crippen LogP contribution in [-0.2, 0) is 13.1 Å². The molecule has 3 heteroatoms. The van der Waals surface area contributed by atoms with Crippen molar-refractivity contribution in [2.45, 2.75) is 84.0 Å². The predicted octanol–water partition coefficient (Wildman–Crippen LogP) is 3.99. The van der Waals surface area contributed by atoms with Crippen molar-refractivity contribution in [1.29, 1.82) is 0 Å². The molecule has 0 amide bonds. The Hall–Kier alpha value is -0.800. The van der Waals surface area contributed by atoms with Gasteiger partial charge in [0.25, 0.3) is 0 Å². The van der Waals surface area contributed by atoms with Crippen LogP contribution in [0.15, 0.2) is 10.5 Å². The van der Waals surface area contributed by atoms with Gasteiger partial charge in [0.1, 0.15) is 11.5 Å². The van der Waals surface area contributed by atoms with Crippen molar-refractivity contribution < 1.29 is 4.42 Å². The van der Waals surface area contributed by atoms with E-state index in [0.717, 1.165) is 36.7 Å². The highest BCUT2D eigenvalue weighted by Gasteiger charge is 2.23. The second-order valence-electron chi connectivity index (χ2n) is 6.83. The summed E-state index contributed by atoms with van der Waals surface area (Å²) in [5.74, 6) is 2.25. The molecule has 1 N–H and O–H groups in total. The van der Waals surface area contributed by atoms with Crippen LogP contribution in [0, 0.1) is 6.92 Å². The number of nitrogens with zero attached hydrogens (tertiary/aromatic N) is 1. The maximum Gasteiger partial charge on any atom is 0.118 e. The summed E-state index contributed by atoms with van der Waals surface area (Å²) < 4.78 is 6.02. The Morgan fingerprint density at radius 2 is 2.10 bits per heavy atom. The van der Waals surface area contributed by atoms with Gasteiger partial charge < -0.3 is 9.73 Å². The van der Waals surface area contributed by atoms with Gasteiger partial charge in [-0.2, -0.15) is 0 Å². The molecule has 1 atom stereocenters. The number of rotatable bonds is 6. The summed E-state index contributed by atoms with van der Waals surface area (Å²) in [7, 11) is 0. The number of likely N-dealkylation sites (tertiary alicyclic amines) is 1. The molecular weight excluding hydrogens is 260 g/mol. The van der Waals surface area contributed by atoms with Crippen molar-refractivity contribution >= 4 is 0 Å². The van der Waals surface area contributed by atoms with Crippen LogP contribution >= 0.6 is 0 Å². The van der Waals surface area contributed by atoms with Gasteiger partial charge in [-0.3, -0.25) is 4.90 Å². The van der Waals surface area contributed by atoms with Crippen LogP contribution < -0.4 is 5.32 Å². The molecule has 1 aromatic rings. The topological polar surface area (TPSA) is 28.4 Å². The van der Waals surface area contributed by atoms with Crippen molar-refractivity contribution in [3.05, 3.63) is 23.2 Å². The molecule has 1 unspecified atom stereocenters. The monoisotopic (exact) mass is 290 g/mol. The second kappa shape index (κ2) is 6.97. The Balaban J connectivity index is 1.61. The molecule has 21 heavy (non-hydrogen) atoms. The van der Waals surface area contributed by atoms with Crippen LogP contribution in [0.2, 0.25) is 0 Å². The predicted molar refractivity (Wildman–Crippen MR) is 86.3 cm³/mol. The SMILES string of the molecule is CCC1CCCCCN1Cc1cc(CNC2CC2)c(C)o1. The number of nitrogens with one attached hydrogen (secondary N) is 1. The van der Waals surface area contributed by atoms with Crippen molar-refractivity contribution in [2.24, 2.45) is 0 Å². The van der Waals surface area contributed by atoms with E-state index in [-0.39, 0.29) is 0 Å². The Morgan fingerprint density at radius 3 is 2.86 bits per heavy atom. The minimum absolute atomic E-state index is 0.742. The van der Waals surface area contributed by atoms with E-state index < -0.39 is 0 Å². The summed E-state index contributed by atoms with van der Waals surface area (Å²) in [6.07, 6.45) is 9.42. The summed E-state index contributed by atoms with van der Waals surface area (Å²) in [6, 6.07) is 3.78. The largest absolute Gasteiger partial charge is 0.465 e. The fraction of sp³-hybridized carbons (Fsp3) is 0.778. The van der Waals surface area contributed by atoms with E-state index in [1.165, 1.54) is 57.1 Å². The summed E-state index contributed by atoms with van der Waals surface area (Å²) in [6.45, 7) is 7.61. The van der Waals surface area contributed by atoms with E-state index in [0.29, 0.717) is 0 Å².